The smallest absolute Gasteiger partial charge is 0.129 e. The maximum Gasteiger partial charge on any atom is 0.129 e. The second-order valence-electron chi connectivity index (χ2n) is 8.92. The van der Waals surface area contributed by atoms with E-state index in [4.69, 9.17) is 11.6 Å². The van der Waals surface area contributed by atoms with Gasteiger partial charge in [0.25, 0.3) is 0 Å². The maximum absolute atomic E-state index is 6.27. The quantitative estimate of drug-likeness (QED) is 0.249. The Morgan fingerprint density at radius 1 is 0.909 bits per heavy atom. The van der Waals surface area contributed by atoms with Crippen molar-refractivity contribution < 1.29 is 0 Å². The van der Waals surface area contributed by atoms with Crippen molar-refractivity contribution in [2.24, 2.45) is 0 Å². The lowest BCUT2D eigenvalue weighted by atomic mass is 10.1. The van der Waals surface area contributed by atoms with E-state index in [-0.39, 0.29) is 5.16 Å². The van der Waals surface area contributed by atoms with Crippen LogP contribution in [0.25, 0.3) is 0 Å². The minimum absolute atomic E-state index is 0.123. The van der Waals surface area contributed by atoms with Crippen LogP contribution in [0.15, 0.2) is 24.5 Å². The summed E-state index contributed by atoms with van der Waals surface area (Å²) in [6.07, 6.45) is 8.63. The number of halogens is 1. The van der Waals surface area contributed by atoms with Crippen molar-refractivity contribution in [1.29, 1.82) is 0 Å². The minimum Gasteiger partial charge on any atom is -0.320 e. The van der Waals surface area contributed by atoms with Crippen molar-refractivity contribution in [3.63, 3.8) is 0 Å². The van der Waals surface area contributed by atoms with E-state index in [0.29, 0.717) is 5.15 Å². The van der Waals surface area contributed by atoms with E-state index in [0.717, 1.165) is 25.2 Å². The van der Waals surface area contributed by atoms with Crippen LogP contribution in [0, 0.1) is 13.8 Å². The first kappa shape index (κ1) is 31.9. The second kappa shape index (κ2) is 17.4. The number of unbranched alkanes of at least 4 members (excludes halogenated alkanes) is 1. The van der Waals surface area contributed by atoms with Gasteiger partial charge in [-0.15, -0.1) is 0 Å². The van der Waals surface area contributed by atoms with Gasteiger partial charge in [-0.25, -0.2) is 4.98 Å². The predicted octanol–water partition coefficient (Wildman–Crippen LogP) is 6.16. The van der Waals surface area contributed by atoms with Gasteiger partial charge in [-0.3, -0.25) is 4.98 Å². The molecule has 0 fully saturated rings. The molecule has 6 heteroatoms. The van der Waals surface area contributed by atoms with Gasteiger partial charge in [0.15, 0.2) is 0 Å². The fourth-order valence-corrected chi connectivity index (χ4v) is 6.80. The van der Waals surface area contributed by atoms with Crippen LogP contribution in [0.5, 0.6) is 0 Å². The van der Waals surface area contributed by atoms with Crippen LogP contribution >= 0.6 is 19.5 Å². The van der Waals surface area contributed by atoms with E-state index in [1.165, 1.54) is 41.0 Å². The van der Waals surface area contributed by atoms with Crippen LogP contribution in [0.1, 0.15) is 77.6 Å². The van der Waals surface area contributed by atoms with Crippen molar-refractivity contribution in [2.45, 2.75) is 86.2 Å². The minimum atomic E-state index is -0.570. The number of aromatic nitrogens is 2. The van der Waals surface area contributed by atoms with Gasteiger partial charge in [0.05, 0.1) is 0 Å². The van der Waals surface area contributed by atoms with E-state index >= 15 is 0 Å². The van der Waals surface area contributed by atoms with E-state index in [2.05, 4.69) is 80.5 Å². The monoisotopic (exact) mass is 494 g/mol. The summed E-state index contributed by atoms with van der Waals surface area (Å²) in [6.45, 7) is 19.5. The van der Waals surface area contributed by atoms with Crippen molar-refractivity contribution in [2.75, 3.05) is 27.2 Å². The lowest BCUT2D eigenvalue weighted by Crippen LogP contribution is -2.30. The van der Waals surface area contributed by atoms with Crippen molar-refractivity contribution >= 4 is 30.1 Å². The zero-order valence-corrected chi connectivity index (χ0v) is 24.4. The summed E-state index contributed by atoms with van der Waals surface area (Å²) in [4.78, 5) is 8.86. The zero-order chi connectivity index (χ0) is 25.4. The third kappa shape index (κ3) is 11.8. The first-order chi connectivity index (χ1) is 15.6. The number of hydrogen-bond donors (Lipinski definition) is 2. The topological polar surface area (TPSA) is 49.8 Å². The summed E-state index contributed by atoms with van der Waals surface area (Å²) in [5, 5.41) is 9.71. The van der Waals surface area contributed by atoms with Crippen molar-refractivity contribution in [1.82, 2.24) is 20.6 Å². The highest BCUT2D eigenvalue weighted by molar-refractivity contribution is 7.74. The number of rotatable bonds is 9. The number of nitrogens with zero attached hydrogens (tertiary/aromatic N) is 2. The average Bonchev–Trinajstić information content (AvgIpc) is 2.76. The molecule has 0 aromatic carbocycles. The molecule has 2 heterocycles. The molecule has 0 saturated heterocycles. The van der Waals surface area contributed by atoms with Crippen LogP contribution in [-0.4, -0.2) is 42.3 Å². The highest BCUT2D eigenvalue weighted by Gasteiger charge is 2.31. The average molecular weight is 495 g/mol. The van der Waals surface area contributed by atoms with Gasteiger partial charge in [-0.2, -0.15) is 0 Å². The molecule has 1 atom stereocenters. The third-order valence-electron chi connectivity index (χ3n) is 4.92. The van der Waals surface area contributed by atoms with E-state index in [9.17, 15) is 0 Å². The Morgan fingerprint density at radius 3 is 2.06 bits per heavy atom. The van der Waals surface area contributed by atoms with Crippen LogP contribution in [0.4, 0.5) is 0 Å². The largest absolute Gasteiger partial charge is 0.320 e. The summed E-state index contributed by atoms with van der Waals surface area (Å²) >= 11 is 6.27. The summed E-state index contributed by atoms with van der Waals surface area (Å²) in [5.41, 5.74) is 3.67. The molecule has 0 bridgehead atoms. The van der Waals surface area contributed by atoms with Gasteiger partial charge in [-0.1, -0.05) is 53.1 Å². The number of pyridine rings is 2. The Kier molecular flexibility index (Phi) is 16.8. The first-order valence-corrected chi connectivity index (χ1v) is 14.0. The van der Waals surface area contributed by atoms with Gasteiger partial charge in [0.2, 0.25) is 0 Å². The fraction of sp³-hybridized carbons (Fsp3) is 0.630. The van der Waals surface area contributed by atoms with Crippen LogP contribution in [0.3, 0.4) is 0 Å². The molecule has 188 valence electrons. The Hall–Kier alpha value is -1.06. The molecule has 0 amide bonds. The third-order valence-corrected chi connectivity index (χ3v) is 8.33. The number of aryl methyl sites for hydroxylation is 3. The van der Waals surface area contributed by atoms with Gasteiger partial charge < -0.3 is 10.6 Å². The van der Waals surface area contributed by atoms with Crippen LogP contribution in [0.2, 0.25) is 5.15 Å². The molecule has 0 aliphatic carbocycles. The normalized spacial score (nSPS) is 11.7. The zero-order valence-electron chi connectivity index (χ0n) is 22.8. The standard InChI is InChI=1S/C21H31ClN3P.C4H11N.C2H6/c1-15-13-25-20(22)12-18(15)26(21(3,4)5)19-11-16(2)24-14-17(19)9-7-8-10-23-6;1-3-4-5-2;1-2/h11-14,23H,7-10H2,1-6H3;5H,3-4H2,1-2H3;1-2H3. The van der Waals surface area contributed by atoms with Crippen LogP contribution in [-0.2, 0) is 6.42 Å². The van der Waals surface area contributed by atoms with Crippen LogP contribution < -0.4 is 21.2 Å². The van der Waals surface area contributed by atoms with E-state index in [1.54, 1.807) is 0 Å². The SMILES string of the molecule is CC.CCCNC.CNCCCCc1cnc(C)cc1P(c1cc(Cl)ncc1C)C(C)(C)C. The van der Waals surface area contributed by atoms with Gasteiger partial charge in [-0.05, 0) is 114 Å². The summed E-state index contributed by atoms with van der Waals surface area (Å²) in [7, 11) is 3.40. The Morgan fingerprint density at radius 2 is 1.55 bits per heavy atom. The first-order valence-electron chi connectivity index (χ1n) is 12.3. The van der Waals surface area contributed by atoms with Crippen molar-refractivity contribution in [3.8, 4) is 0 Å². The Labute approximate surface area is 210 Å². The maximum atomic E-state index is 6.27. The second-order valence-corrected chi connectivity index (χ2v) is 12.3. The summed E-state index contributed by atoms with van der Waals surface area (Å²) < 4.78 is 0. The van der Waals surface area contributed by atoms with E-state index in [1.807, 2.05) is 34.1 Å². The van der Waals surface area contributed by atoms with E-state index < -0.39 is 7.92 Å². The molecule has 4 nitrogen and oxygen atoms in total. The molecule has 0 aliphatic rings. The predicted molar refractivity (Wildman–Crippen MR) is 151 cm³/mol. The number of hydrogen-bond acceptors (Lipinski definition) is 4. The molecule has 2 N–H and O–H groups in total. The molecule has 33 heavy (non-hydrogen) atoms. The molecule has 0 aliphatic heterocycles. The van der Waals surface area contributed by atoms with Gasteiger partial charge in [0.1, 0.15) is 5.15 Å². The molecule has 0 radical (unpaired) electrons. The lowest BCUT2D eigenvalue weighted by Gasteiger charge is -2.34. The fourth-order valence-electron chi connectivity index (χ4n) is 3.42. The molecule has 1 unspecified atom stereocenters. The summed E-state index contributed by atoms with van der Waals surface area (Å²) in [5.74, 6) is 0. The molecule has 2 aromatic rings. The number of nitrogens with one attached hydrogen (secondary N) is 2. The molecule has 2 aromatic heterocycles. The lowest BCUT2D eigenvalue weighted by molar-refractivity contribution is 0.677. The van der Waals surface area contributed by atoms with Gasteiger partial charge in [0, 0.05) is 18.1 Å². The van der Waals surface area contributed by atoms with Crippen molar-refractivity contribution in [3.05, 3.63) is 46.5 Å². The Bertz CT molecular complexity index is 788. The van der Waals surface area contributed by atoms with Gasteiger partial charge >= 0.3 is 0 Å². The molecule has 0 saturated carbocycles. The molecule has 2 rings (SSSR count). The molecule has 0 spiro atoms. The highest BCUT2D eigenvalue weighted by Crippen LogP contribution is 2.49. The Balaban J connectivity index is 0.00000129. The highest BCUT2D eigenvalue weighted by atomic mass is 35.5. The molecular formula is C27H48ClN4P. The molecular weight excluding hydrogens is 447 g/mol. The summed E-state index contributed by atoms with van der Waals surface area (Å²) in [6, 6.07) is 4.35.